The Kier molecular flexibility index (Phi) is 6.20. The molecule has 0 radical (unpaired) electrons. The van der Waals surface area contributed by atoms with E-state index in [1.807, 2.05) is 67.9 Å². The topological polar surface area (TPSA) is 71.8 Å². The monoisotopic (exact) mass is 497 g/mol. The SMILES string of the molecule is CCSc1nc2n(n1)C(c1cccc(Br)c1)C(C(=O)Nc1cccc(C)c1C)=C(C)N2. The van der Waals surface area contributed by atoms with Crippen molar-refractivity contribution >= 4 is 45.2 Å². The zero-order valence-electron chi connectivity index (χ0n) is 17.9. The third-order valence-corrected chi connectivity index (χ3v) is 6.58. The largest absolute Gasteiger partial charge is 0.328 e. The van der Waals surface area contributed by atoms with E-state index in [0.29, 0.717) is 16.7 Å². The Labute approximate surface area is 194 Å². The zero-order valence-corrected chi connectivity index (χ0v) is 20.3. The Hall–Kier alpha value is -2.58. The smallest absolute Gasteiger partial charge is 0.255 e. The molecule has 1 atom stereocenters. The summed E-state index contributed by atoms with van der Waals surface area (Å²) < 4.78 is 2.76. The van der Waals surface area contributed by atoms with Gasteiger partial charge >= 0.3 is 0 Å². The van der Waals surface area contributed by atoms with Crippen LogP contribution in [0.4, 0.5) is 11.6 Å². The summed E-state index contributed by atoms with van der Waals surface area (Å²) in [6.45, 7) is 8.03. The predicted octanol–water partition coefficient (Wildman–Crippen LogP) is 5.70. The van der Waals surface area contributed by atoms with Crippen LogP contribution in [0.5, 0.6) is 0 Å². The minimum Gasteiger partial charge on any atom is -0.328 e. The Morgan fingerprint density at radius 2 is 2.00 bits per heavy atom. The van der Waals surface area contributed by atoms with Gasteiger partial charge in [0.2, 0.25) is 11.1 Å². The van der Waals surface area contributed by atoms with Crippen LogP contribution in [0.1, 0.15) is 36.6 Å². The summed E-state index contributed by atoms with van der Waals surface area (Å²) in [5.74, 6) is 1.36. The van der Waals surface area contributed by atoms with Gasteiger partial charge < -0.3 is 10.6 Å². The standard InChI is InChI=1S/C23H24BrN5OS/c1-5-31-23-27-22-25-15(4)19(21(30)26-18-11-6-8-13(2)14(18)3)20(29(22)28-23)16-9-7-10-17(24)12-16/h6-12,20H,5H2,1-4H3,(H,26,30)(H,25,27,28). The average molecular weight is 498 g/mol. The second-order valence-electron chi connectivity index (χ2n) is 7.42. The highest BCUT2D eigenvalue weighted by atomic mass is 79.9. The minimum absolute atomic E-state index is 0.158. The van der Waals surface area contributed by atoms with Gasteiger partial charge in [0.25, 0.3) is 5.91 Å². The van der Waals surface area contributed by atoms with Crippen LogP contribution in [0.3, 0.4) is 0 Å². The summed E-state index contributed by atoms with van der Waals surface area (Å²) in [4.78, 5) is 18.2. The number of thioether (sulfide) groups is 1. The molecule has 8 heteroatoms. The quantitative estimate of drug-likeness (QED) is 0.442. The van der Waals surface area contributed by atoms with Crippen molar-refractivity contribution in [3.05, 3.63) is 74.9 Å². The van der Waals surface area contributed by atoms with E-state index in [-0.39, 0.29) is 5.91 Å². The molecule has 0 bridgehead atoms. The van der Waals surface area contributed by atoms with E-state index in [1.165, 1.54) is 0 Å². The first-order chi connectivity index (χ1) is 14.9. The van der Waals surface area contributed by atoms with Gasteiger partial charge in [0.05, 0.1) is 5.57 Å². The normalized spacial score (nSPS) is 15.5. The Bertz CT molecular complexity index is 1190. The number of allylic oxidation sites excluding steroid dienone is 1. The molecule has 160 valence electrons. The maximum atomic E-state index is 13.6. The van der Waals surface area contributed by atoms with Crippen molar-refractivity contribution in [2.75, 3.05) is 16.4 Å². The molecule has 31 heavy (non-hydrogen) atoms. The van der Waals surface area contributed by atoms with Gasteiger partial charge in [0.15, 0.2) is 0 Å². The fraction of sp³-hybridized carbons (Fsp3) is 0.261. The Balaban J connectivity index is 1.80. The number of nitrogens with one attached hydrogen (secondary N) is 2. The number of halogens is 1. The number of benzene rings is 2. The predicted molar refractivity (Wildman–Crippen MR) is 130 cm³/mol. The van der Waals surface area contributed by atoms with E-state index in [9.17, 15) is 4.79 Å². The number of aryl methyl sites for hydroxylation is 1. The summed E-state index contributed by atoms with van der Waals surface area (Å²) in [6.07, 6.45) is 0. The Morgan fingerprint density at radius 1 is 1.23 bits per heavy atom. The van der Waals surface area contributed by atoms with Gasteiger partial charge in [-0.3, -0.25) is 4.79 Å². The van der Waals surface area contributed by atoms with Gasteiger partial charge in [-0.25, -0.2) is 4.68 Å². The lowest BCUT2D eigenvalue weighted by Gasteiger charge is -2.29. The highest BCUT2D eigenvalue weighted by Gasteiger charge is 2.34. The van der Waals surface area contributed by atoms with Gasteiger partial charge in [0.1, 0.15) is 6.04 Å². The van der Waals surface area contributed by atoms with Crippen LogP contribution < -0.4 is 10.6 Å². The third kappa shape index (κ3) is 4.27. The van der Waals surface area contributed by atoms with E-state index < -0.39 is 6.04 Å². The first-order valence-corrected chi connectivity index (χ1v) is 11.9. The number of anilines is 2. The molecule has 1 aliphatic heterocycles. The molecule has 3 aromatic rings. The molecule has 0 saturated heterocycles. The van der Waals surface area contributed by atoms with Crippen molar-refractivity contribution in [2.24, 2.45) is 0 Å². The van der Waals surface area contributed by atoms with Crippen molar-refractivity contribution in [3.8, 4) is 0 Å². The number of nitrogens with zero attached hydrogens (tertiary/aromatic N) is 3. The molecule has 0 fully saturated rings. The molecule has 1 unspecified atom stereocenters. The molecule has 1 aromatic heterocycles. The highest BCUT2D eigenvalue weighted by molar-refractivity contribution is 9.10. The van der Waals surface area contributed by atoms with Crippen LogP contribution in [-0.4, -0.2) is 26.4 Å². The van der Waals surface area contributed by atoms with Crippen molar-refractivity contribution in [1.29, 1.82) is 0 Å². The van der Waals surface area contributed by atoms with Gasteiger partial charge in [-0.2, -0.15) is 4.98 Å². The van der Waals surface area contributed by atoms with Crippen LogP contribution in [0.15, 0.2) is 63.4 Å². The summed E-state index contributed by atoms with van der Waals surface area (Å²) >= 11 is 5.14. The van der Waals surface area contributed by atoms with E-state index in [1.54, 1.807) is 11.8 Å². The lowest BCUT2D eigenvalue weighted by molar-refractivity contribution is -0.113. The zero-order chi connectivity index (χ0) is 22.1. The van der Waals surface area contributed by atoms with Crippen LogP contribution in [0.25, 0.3) is 0 Å². The molecule has 2 aromatic carbocycles. The molecule has 4 rings (SSSR count). The van der Waals surface area contributed by atoms with Crippen molar-refractivity contribution in [1.82, 2.24) is 14.8 Å². The van der Waals surface area contributed by atoms with E-state index in [2.05, 4.69) is 38.5 Å². The number of rotatable bonds is 5. The van der Waals surface area contributed by atoms with Crippen LogP contribution in [0.2, 0.25) is 0 Å². The number of amides is 1. The van der Waals surface area contributed by atoms with Crippen molar-refractivity contribution in [3.63, 3.8) is 0 Å². The average Bonchev–Trinajstić information content (AvgIpc) is 3.12. The van der Waals surface area contributed by atoms with Crippen LogP contribution in [0, 0.1) is 13.8 Å². The minimum atomic E-state index is -0.391. The number of aromatic nitrogens is 3. The second-order valence-corrected chi connectivity index (χ2v) is 9.57. The summed E-state index contributed by atoms with van der Waals surface area (Å²) in [7, 11) is 0. The molecule has 6 nitrogen and oxygen atoms in total. The molecule has 0 saturated carbocycles. The maximum absolute atomic E-state index is 13.6. The van der Waals surface area contributed by atoms with Gasteiger partial charge in [-0.05, 0) is 61.4 Å². The number of fused-ring (bicyclic) bond motifs is 1. The fourth-order valence-corrected chi connectivity index (χ4v) is 4.65. The molecule has 1 amide bonds. The van der Waals surface area contributed by atoms with Gasteiger partial charge in [-0.15, -0.1) is 5.10 Å². The van der Waals surface area contributed by atoms with E-state index in [0.717, 1.165) is 38.3 Å². The first-order valence-electron chi connectivity index (χ1n) is 10.1. The number of hydrogen-bond donors (Lipinski definition) is 2. The molecule has 2 heterocycles. The Morgan fingerprint density at radius 3 is 2.74 bits per heavy atom. The van der Waals surface area contributed by atoms with Crippen LogP contribution in [-0.2, 0) is 4.79 Å². The molecule has 1 aliphatic rings. The highest BCUT2D eigenvalue weighted by Crippen LogP contribution is 2.37. The number of carbonyl (C=O) groups excluding carboxylic acids is 1. The summed E-state index contributed by atoms with van der Waals surface area (Å²) in [6, 6.07) is 13.5. The number of carbonyl (C=O) groups is 1. The second kappa shape index (κ2) is 8.88. The van der Waals surface area contributed by atoms with Crippen molar-refractivity contribution < 1.29 is 4.79 Å². The molecule has 0 aliphatic carbocycles. The van der Waals surface area contributed by atoms with Crippen molar-refractivity contribution in [2.45, 2.75) is 38.9 Å². The lowest BCUT2D eigenvalue weighted by atomic mass is 9.95. The molecular weight excluding hydrogens is 474 g/mol. The molecule has 2 N–H and O–H groups in total. The third-order valence-electron chi connectivity index (χ3n) is 5.37. The number of hydrogen-bond acceptors (Lipinski definition) is 5. The van der Waals surface area contributed by atoms with E-state index >= 15 is 0 Å². The first kappa shape index (κ1) is 21.6. The molecule has 0 spiro atoms. The lowest BCUT2D eigenvalue weighted by Crippen LogP contribution is -2.31. The van der Waals surface area contributed by atoms with Gasteiger partial charge in [-0.1, -0.05) is 58.9 Å². The maximum Gasteiger partial charge on any atom is 0.255 e. The van der Waals surface area contributed by atoms with E-state index in [4.69, 9.17) is 5.10 Å². The summed E-state index contributed by atoms with van der Waals surface area (Å²) in [5.41, 5.74) is 5.34. The fourth-order valence-electron chi connectivity index (χ4n) is 3.68. The van der Waals surface area contributed by atoms with Crippen LogP contribution >= 0.6 is 27.7 Å². The summed E-state index contributed by atoms with van der Waals surface area (Å²) in [5, 5.41) is 11.8. The van der Waals surface area contributed by atoms with Gasteiger partial charge in [0, 0.05) is 15.9 Å². The molecular formula is C23H24BrN5OS.